The first-order valence-electron chi connectivity index (χ1n) is 13.7. The molecule has 6 rings (SSSR count). The van der Waals surface area contributed by atoms with E-state index in [0.717, 1.165) is 22.3 Å². The Morgan fingerprint density at radius 3 is 0.897 bits per heavy atom. The van der Waals surface area contributed by atoms with E-state index in [1.807, 2.05) is 72.8 Å². The first kappa shape index (κ1) is 25.9. The van der Waals surface area contributed by atoms with Gasteiger partial charge in [0, 0.05) is 0 Å². The molecule has 0 spiro atoms. The van der Waals surface area contributed by atoms with Gasteiger partial charge in [-0.25, -0.2) is 0 Å². The summed E-state index contributed by atoms with van der Waals surface area (Å²) in [5, 5.41) is 3.65. The molecule has 0 unspecified atom stereocenters. The van der Waals surface area contributed by atoms with Crippen molar-refractivity contribution >= 4 is 0 Å². The molecule has 2 fully saturated rings. The van der Waals surface area contributed by atoms with E-state index in [1.54, 1.807) is 0 Å². The largest absolute Gasteiger partial charge is 0.369 e. The summed E-state index contributed by atoms with van der Waals surface area (Å²) in [5.74, 6) is 0. The summed E-state index contributed by atoms with van der Waals surface area (Å²) in [4.78, 5) is 0. The maximum atomic E-state index is 6.68. The highest BCUT2D eigenvalue weighted by molar-refractivity contribution is 5.21. The van der Waals surface area contributed by atoms with Crippen LogP contribution in [0.2, 0.25) is 0 Å². The molecule has 0 radical (unpaired) electrons. The minimum atomic E-state index is -0.311. The van der Waals surface area contributed by atoms with Gasteiger partial charge in [-0.05, 0) is 22.3 Å². The third-order valence-electron chi connectivity index (χ3n) is 7.48. The van der Waals surface area contributed by atoms with Gasteiger partial charge in [0.15, 0.2) is 0 Å². The molecular weight excluding hydrogens is 486 g/mol. The molecule has 1 aliphatic heterocycles. The van der Waals surface area contributed by atoms with E-state index in [2.05, 4.69) is 53.8 Å². The predicted molar refractivity (Wildman–Crippen MR) is 151 cm³/mol. The van der Waals surface area contributed by atoms with Crippen LogP contribution in [0.5, 0.6) is 0 Å². The van der Waals surface area contributed by atoms with E-state index >= 15 is 0 Å². The Labute approximate surface area is 230 Å². The van der Waals surface area contributed by atoms with Crippen LogP contribution in [0.15, 0.2) is 121 Å². The molecule has 6 atom stereocenters. The number of rotatable bonds is 12. The zero-order valence-electron chi connectivity index (χ0n) is 22.0. The van der Waals surface area contributed by atoms with Gasteiger partial charge in [0.25, 0.3) is 0 Å². The van der Waals surface area contributed by atoms with Crippen LogP contribution in [0, 0.1) is 0 Å². The molecule has 5 heteroatoms. The van der Waals surface area contributed by atoms with E-state index in [9.17, 15) is 0 Å². The van der Waals surface area contributed by atoms with Gasteiger partial charge in [0.2, 0.25) is 0 Å². The molecular formula is C34H35NO4. The fourth-order valence-corrected chi connectivity index (χ4v) is 5.39. The minimum Gasteiger partial charge on any atom is -0.369 e. The highest BCUT2D eigenvalue weighted by Crippen LogP contribution is 2.39. The molecule has 0 bridgehead atoms. The monoisotopic (exact) mass is 521 g/mol. The molecule has 39 heavy (non-hydrogen) atoms. The summed E-state index contributed by atoms with van der Waals surface area (Å²) in [7, 11) is 0. The van der Waals surface area contributed by atoms with Crippen molar-refractivity contribution in [2.45, 2.75) is 62.9 Å². The zero-order chi connectivity index (χ0) is 26.3. The lowest BCUT2D eigenvalue weighted by atomic mass is 9.88. The molecule has 4 aromatic rings. The smallest absolute Gasteiger partial charge is 0.114 e. The van der Waals surface area contributed by atoms with Crippen LogP contribution in [0.3, 0.4) is 0 Å². The van der Waals surface area contributed by atoms with Gasteiger partial charge in [-0.1, -0.05) is 121 Å². The number of benzene rings is 4. The van der Waals surface area contributed by atoms with Crippen LogP contribution in [-0.2, 0) is 45.4 Å². The second kappa shape index (κ2) is 12.7. The van der Waals surface area contributed by atoms with Crippen LogP contribution in [0.4, 0.5) is 0 Å². The van der Waals surface area contributed by atoms with E-state index in [1.165, 1.54) is 0 Å². The molecule has 1 saturated carbocycles. The van der Waals surface area contributed by atoms with Crippen LogP contribution in [0.1, 0.15) is 22.3 Å². The number of fused-ring (bicyclic) bond motifs is 1. The van der Waals surface area contributed by atoms with Crippen molar-refractivity contribution in [2.24, 2.45) is 0 Å². The Balaban J connectivity index is 1.25. The Hall–Kier alpha value is -3.32. The molecule has 4 aromatic carbocycles. The summed E-state index contributed by atoms with van der Waals surface area (Å²) in [5.41, 5.74) is 4.52. The lowest BCUT2D eigenvalue weighted by molar-refractivity contribution is -0.203. The van der Waals surface area contributed by atoms with Gasteiger partial charge in [-0.3, -0.25) is 0 Å². The van der Waals surface area contributed by atoms with Crippen molar-refractivity contribution in [3.05, 3.63) is 144 Å². The molecule has 0 aromatic heterocycles. The quantitative estimate of drug-likeness (QED) is 0.243. The standard InChI is InChI=1S/C34H35NO4/c1-5-13-25(14-6-1)21-36-31-29-30(35-29)32(37-22-26-15-7-2-8-16-26)34(39-24-28-19-11-4-12-20-28)33(31)38-23-27-17-9-3-10-18-27/h1-20,29-35H,21-24H2/t29-,30+,31-,32-,33+,34+/m0/s1. The number of ether oxygens (including phenoxy) is 4. The maximum absolute atomic E-state index is 6.68. The van der Waals surface area contributed by atoms with Gasteiger partial charge in [0.05, 0.1) is 38.5 Å². The molecule has 2 aliphatic rings. The number of hydrogen-bond donors (Lipinski definition) is 1. The van der Waals surface area contributed by atoms with Crippen molar-refractivity contribution < 1.29 is 18.9 Å². The van der Waals surface area contributed by atoms with Crippen LogP contribution in [-0.4, -0.2) is 36.5 Å². The van der Waals surface area contributed by atoms with Gasteiger partial charge in [-0.15, -0.1) is 0 Å². The lowest BCUT2D eigenvalue weighted by Crippen LogP contribution is -2.57. The third kappa shape index (κ3) is 6.64. The summed E-state index contributed by atoms with van der Waals surface area (Å²) < 4.78 is 26.5. The van der Waals surface area contributed by atoms with Crippen molar-refractivity contribution in [1.29, 1.82) is 0 Å². The number of nitrogens with one attached hydrogen (secondary N) is 1. The van der Waals surface area contributed by atoms with Gasteiger partial charge in [0.1, 0.15) is 24.4 Å². The number of hydrogen-bond acceptors (Lipinski definition) is 5. The molecule has 5 nitrogen and oxygen atoms in total. The van der Waals surface area contributed by atoms with Gasteiger partial charge >= 0.3 is 0 Å². The second-order valence-corrected chi connectivity index (χ2v) is 10.3. The molecule has 1 heterocycles. The van der Waals surface area contributed by atoms with E-state index in [0.29, 0.717) is 26.4 Å². The van der Waals surface area contributed by atoms with Gasteiger partial charge < -0.3 is 24.3 Å². The summed E-state index contributed by atoms with van der Waals surface area (Å²) in [6.07, 6.45) is -0.961. The van der Waals surface area contributed by atoms with Crippen molar-refractivity contribution in [3.8, 4) is 0 Å². The highest BCUT2D eigenvalue weighted by atomic mass is 16.6. The van der Waals surface area contributed by atoms with E-state index in [-0.39, 0.29) is 36.5 Å². The molecule has 1 N–H and O–H groups in total. The fraction of sp³-hybridized carbons (Fsp3) is 0.294. The second-order valence-electron chi connectivity index (χ2n) is 10.3. The average molecular weight is 522 g/mol. The van der Waals surface area contributed by atoms with Crippen LogP contribution >= 0.6 is 0 Å². The summed E-state index contributed by atoms with van der Waals surface area (Å²) >= 11 is 0. The summed E-state index contributed by atoms with van der Waals surface area (Å²) in [6.45, 7) is 1.99. The first-order valence-corrected chi connectivity index (χ1v) is 13.7. The van der Waals surface area contributed by atoms with Crippen molar-refractivity contribution in [2.75, 3.05) is 0 Å². The molecule has 1 aliphatic carbocycles. The van der Waals surface area contributed by atoms with Crippen molar-refractivity contribution in [3.63, 3.8) is 0 Å². The average Bonchev–Trinajstić information content (AvgIpc) is 3.80. The Bertz CT molecular complexity index is 1170. The Morgan fingerprint density at radius 2 is 0.615 bits per heavy atom. The highest BCUT2D eigenvalue weighted by Gasteiger charge is 2.61. The van der Waals surface area contributed by atoms with Gasteiger partial charge in [-0.2, -0.15) is 0 Å². The first-order chi connectivity index (χ1) is 19.3. The lowest BCUT2D eigenvalue weighted by Gasteiger charge is -2.41. The van der Waals surface area contributed by atoms with E-state index < -0.39 is 0 Å². The summed E-state index contributed by atoms with van der Waals surface area (Å²) in [6, 6.07) is 41.4. The Kier molecular flexibility index (Phi) is 8.44. The van der Waals surface area contributed by atoms with Crippen LogP contribution in [0.25, 0.3) is 0 Å². The van der Waals surface area contributed by atoms with Crippen LogP contribution < -0.4 is 5.32 Å². The SMILES string of the molecule is c1ccc(CO[C@H]2[C@H](OCc3ccccc3)[C@@H](OCc3ccccc3)[C@H]3N[C@H]3[C@@H]2OCc2ccccc2)cc1. The Morgan fingerprint density at radius 1 is 0.359 bits per heavy atom. The predicted octanol–water partition coefficient (Wildman–Crippen LogP) is 5.68. The fourth-order valence-electron chi connectivity index (χ4n) is 5.39. The van der Waals surface area contributed by atoms with E-state index in [4.69, 9.17) is 18.9 Å². The molecule has 200 valence electrons. The topological polar surface area (TPSA) is 58.9 Å². The maximum Gasteiger partial charge on any atom is 0.114 e. The molecule has 0 amide bonds. The third-order valence-corrected chi connectivity index (χ3v) is 7.48. The normalized spacial score (nSPS) is 25.6. The minimum absolute atomic E-state index is 0.145. The zero-order valence-corrected chi connectivity index (χ0v) is 22.0. The van der Waals surface area contributed by atoms with Crippen molar-refractivity contribution in [1.82, 2.24) is 5.32 Å². The molecule has 1 saturated heterocycles.